The molecular formula is C19H17ClN2OS. The average molecular weight is 357 g/mol. The number of nitrogens with one attached hydrogen (secondary N) is 1. The lowest BCUT2D eigenvalue weighted by atomic mass is 10.1. The van der Waals surface area contributed by atoms with Gasteiger partial charge in [0.15, 0.2) is 0 Å². The fourth-order valence-electron chi connectivity index (χ4n) is 2.42. The Bertz CT molecular complexity index is 832. The maximum Gasteiger partial charge on any atom is 0.226 e. The smallest absolute Gasteiger partial charge is 0.226 e. The highest BCUT2D eigenvalue weighted by atomic mass is 35.5. The first-order valence-electron chi connectivity index (χ1n) is 7.66. The zero-order valence-corrected chi connectivity index (χ0v) is 14.8. The quantitative estimate of drug-likeness (QED) is 0.707. The van der Waals surface area contributed by atoms with Gasteiger partial charge in [-0.3, -0.25) is 4.79 Å². The summed E-state index contributed by atoms with van der Waals surface area (Å²) < 4.78 is 0. The van der Waals surface area contributed by atoms with Gasteiger partial charge in [0.05, 0.1) is 18.2 Å². The molecule has 0 fully saturated rings. The molecule has 1 atom stereocenters. The van der Waals surface area contributed by atoms with Gasteiger partial charge in [0.1, 0.15) is 5.01 Å². The van der Waals surface area contributed by atoms with Crippen LogP contribution in [0.5, 0.6) is 0 Å². The second kappa shape index (κ2) is 7.60. The lowest BCUT2D eigenvalue weighted by molar-refractivity contribution is -0.121. The van der Waals surface area contributed by atoms with Crippen LogP contribution in [0.2, 0.25) is 5.02 Å². The molecule has 1 aromatic heterocycles. The maximum absolute atomic E-state index is 12.2. The predicted molar refractivity (Wildman–Crippen MR) is 99.3 cm³/mol. The fourth-order valence-corrected chi connectivity index (χ4v) is 3.44. The van der Waals surface area contributed by atoms with Crippen LogP contribution in [0, 0.1) is 0 Å². The molecule has 0 aliphatic carbocycles. The zero-order valence-electron chi connectivity index (χ0n) is 13.2. The summed E-state index contributed by atoms with van der Waals surface area (Å²) in [6.07, 6.45) is 0.272. The maximum atomic E-state index is 12.2. The van der Waals surface area contributed by atoms with Gasteiger partial charge in [-0.1, -0.05) is 54.1 Å². The second-order valence-corrected chi connectivity index (χ2v) is 6.83. The largest absolute Gasteiger partial charge is 0.349 e. The Morgan fingerprint density at radius 2 is 2.00 bits per heavy atom. The second-order valence-electron chi connectivity index (χ2n) is 5.53. The topological polar surface area (TPSA) is 42.0 Å². The molecule has 0 saturated heterocycles. The number of aromatic nitrogens is 1. The van der Waals surface area contributed by atoms with Crippen molar-refractivity contribution in [2.75, 3.05) is 0 Å². The summed E-state index contributed by atoms with van der Waals surface area (Å²) in [5.74, 6) is -0.0487. The summed E-state index contributed by atoms with van der Waals surface area (Å²) in [5.41, 5.74) is 2.84. The molecule has 122 valence electrons. The summed E-state index contributed by atoms with van der Waals surface area (Å²) in [5, 5.41) is 6.52. The highest BCUT2D eigenvalue weighted by molar-refractivity contribution is 7.13. The lowest BCUT2D eigenvalue weighted by Crippen LogP contribution is -2.28. The van der Waals surface area contributed by atoms with Crippen molar-refractivity contribution in [1.29, 1.82) is 0 Å². The zero-order chi connectivity index (χ0) is 16.9. The number of carbonyl (C=O) groups excluding carboxylic acids is 1. The average Bonchev–Trinajstić information content (AvgIpc) is 3.04. The van der Waals surface area contributed by atoms with Gasteiger partial charge in [-0.2, -0.15) is 0 Å². The number of thiazole rings is 1. The molecule has 1 amide bonds. The van der Waals surface area contributed by atoms with E-state index in [1.807, 2.05) is 66.9 Å². The minimum absolute atomic E-state index is 0.0487. The molecule has 3 rings (SSSR count). The standard InChI is InChI=1S/C19H17ClN2OS/c1-13(15-8-5-9-16(20)10-15)21-18(23)11-17-12-24-19(22-17)14-6-3-2-4-7-14/h2-10,12-13H,11H2,1H3,(H,21,23). The van der Waals surface area contributed by atoms with E-state index in [0.717, 1.165) is 21.8 Å². The van der Waals surface area contributed by atoms with Crippen molar-refractivity contribution in [2.24, 2.45) is 0 Å². The third-order valence-corrected chi connectivity index (χ3v) is 4.82. The van der Waals surface area contributed by atoms with E-state index in [1.54, 1.807) is 11.3 Å². The van der Waals surface area contributed by atoms with Crippen molar-refractivity contribution >= 4 is 28.8 Å². The molecule has 24 heavy (non-hydrogen) atoms. The molecule has 0 spiro atoms. The third-order valence-electron chi connectivity index (χ3n) is 3.64. The van der Waals surface area contributed by atoms with Crippen LogP contribution in [0.1, 0.15) is 24.2 Å². The summed E-state index contributed by atoms with van der Waals surface area (Å²) in [6, 6.07) is 17.4. The minimum Gasteiger partial charge on any atom is -0.349 e. The van der Waals surface area contributed by atoms with Crippen molar-refractivity contribution in [3.05, 3.63) is 76.3 Å². The highest BCUT2D eigenvalue weighted by Gasteiger charge is 2.12. The SMILES string of the molecule is CC(NC(=O)Cc1csc(-c2ccccc2)n1)c1cccc(Cl)c1. The van der Waals surface area contributed by atoms with E-state index in [2.05, 4.69) is 10.3 Å². The number of carbonyl (C=O) groups is 1. The molecule has 0 bridgehead atoms. The normalized spacial score (nSPS) is 11.9. The molecule has 0 aliphatic heterocycles. The van der Waals surface area contributed by atoms with Crippen LogP contribution in [-0.2, 0) is 11.2 Å². The van der Waals surface area contributed by atoms with E-state index < -0.39 is 0 Å². The van der Waals surface area contributed by atoms with Crippen molar-refractivity contribution in [2.45, 2.75) is 19.4 Å². The van der Waals surface area contributed by atoms with Gasteiger partial charge in [-0.25, -0.2) is 4.98 Å². The Morgan fingerprint density at radius 1 is 1.21 bits per heavy atom. The van der Waals surface area contributed by atoms with E-state index in [9.17, 15) is 4.79 Å². The molecule has 0 saturated carbocycles. The third kappa shape index (κ3) is 4.22. The number of amides is 1. The van der Waals surface area contributed by atoms with Crippen LogP contribution in [-0.4, -0.2) is 10.9 Å². The summed E-state index contributed by atoms with van der Waals surface area (Å²) in [6.45, 7) is 1.94. The molecule has 1 N–H and O–H groups in total. The molecule has 5 heteroatoms. The number of rotatable bonds is 5. The lowest BCUT2D eigenvalue weighted by Gasteiger charge is -2.14. The van der Waals surface area contributed by atoms with Gasteiger partial charge >= 0.3 is 0 Å². The number of halogens is 1. The summed E-state index contributed by atoms with van der Waals surface area (Å²) in [4.78, 5) is 16.8. The van der Waals surface area contributed by atoms with Crippen LogP contribution in [0.25, 0.3) is 10.6 Å². The Balaban J connectivity index is 1.62. The monoisotopic (exact) mass is 356 g/mol. The van der Waals surface area contributed by atoms with E-state index in [1.165, 1.54) is 0 Å². The van der Waals surface area contributed by atoms with Crippen molar-refractivity contribution in [1.82, 2.24) is 10.3 Å². The van der Waals surface area contributed by atoms with E-state index >= 15 is 0 Å². The molecule has 2 aromatic carbocycles. The fraction of sp³-hybridized carbons (Fsp3) is 0.158. The van der Waals surface area contributed by atoms with Crippen molar-refractivity contribution < 1.29 is 4.79 Å². The number of benzene rings is 2. The van der Waals surface area contributed by atoms with Gasteiger partial charge in [0, 0.05) is 16.0 Å². The first-order chi connectivity index (χ1) is 11.6. The van der Waals surface area contributed by atoms with Crippen molar-refractivity contribution in [3.63, 3.8) is 0 Å². The van der Waals surface area contributed by atoms with E-state index in [0.29, 0.717) is 5.02 Å². The first kappa shape index (κ1) is 16.7. The number of hydrogen-bond acceptors (Lipinski definition) is 3. The van der Waals surface area contributed by atoms with Gasteiger partial charge in [-0.15, -0.1) is 11.3 Å². The number of nitrogens with zero attached hydrogens (tertiary/aromatic N) is 1. The molecule has 3 aromatic rings. The van der Waals surface area contributed by atoms with Crippen LogP contribution in [0.3, 0.4) is 0 Å². The van der Waals surface area contributed by atoms with Crippen LogP contribution in [0.15, 0.2) is 60.0 Å². The first-order valence-corrected chi connectivity index (χ1v) is 8.92. The summed E-state index contributed by atoms with van der Waals surface area (Å²) in [7, 11) is 0. The van der Waals surface area contributed by atoms with Crippen LogP contribution in [0.4, 0.5) is 0 Å². The van der Waals surface area contributed by atoms with Crippen LogP contribution < -0.4 is 5.32 Å². The van der Waals surface area contributed by atoms with Gasteiger partial charge < -0.3 is 5.32 Å². The predicted octanol–water partition coefficient (Wildman–Crippen LogP) is 4.88. The molecular weight excluding hydrogens is 340 g/mol. The highest BCUT2D eigenvalue weighted by Crippen LogP contribution is 2.23. The minimum atomic E-state index is -0.0940. The Labute approximate surface area is 150 Å². The van der Waals surface area contributed by atoms with E-state index in [-0.39, 0.29) is 18.4 Å². The van der Waals surface area contributed by atoms with E-state index in [4.69, 9.17) is 11.6 Å². The summed E-state index contributed by atoms with van der Waals surface area (Å²) >= 11 is 7.55. The van der Waals surface area contributed by atoms with Gasteiger partial charge in [0.2, 0.25) is 5.91 Å². The van der Waals surface area contributed by atoms with Crippen LogP contribution >= 0.6 is 22.9 Å². The molecule has 0 radical (unpaired) electrons. The Hall–Kier alpha value is -2.17. The van der Waals surface area contributed by atoms with Crippen molar-refractivity contribution in [3.8, 4) is 10.6 Å². The molecule has 0 aliphatic rings. The Morgan fingerprint density at radius 3 is 2.75 bits per heavy atom. The number of hydrogen-bond donors (Lipinski definition) is 1. The molecule has 1 heterocycles. The van der Waals surface area contributed by atoms with Gasteiger partial charge in [-0.05, 0) is 24.6 Å². The Kier molecular flexibility index (Phi) is 5.28. The molecule has 3 nitrogen and oxygen atoms in total. The molecule has 1 unspecified atom stereocenters. The van der Waals surface area contributed by atoms with Gasteiger partial charge in [0.25, 0.3) is 0 Å².